The predicted octanol–water partition coefficient (Wildman–Crippen LogP) is 2.89. The molecule has 24 heavy (non-hydrogen) atoms. The van der Waals surface area contributed by atoms with Gasteiger partial charge in [-0.25, -0.2) is 4.52 Å². The summed E-state index contributed by atoms with van der Waals surface area (Å²) in [5.41, 5.74) is 2.87. The summed E-state index contributed by atoms with van der Waals surface area (Å²) in [5.74, 6) is -0.975. The summed E-state index contributed by atoms with van der Waals surface area (Å²) in [6.45, 7) is 1.95. The Morgan fingerprint density at radius 3 is 2.62 bits per heavy atom. The van der Waals surface area contributed by atoms with E-state index in [-0.39, 0.29) is 13.0 Å². The number of carbonyl (C=O) groups excluding carboxylic acids is 2. The highest BCUT2D eigenvalue weighted by Gasteiger charge is 2.18. The average molecular weight is 323 g/mol. The number of nitrogens with one attached hydrogen (secondary N) is 1. The van der Waals surface area contributed by atoms with Crippen molar-refractivity contribution in [2.45, 2.75) is 13.3 Å². The lowest BCUT2D eigenvalue weighted by atomic mass is 10.1. The fourth-order valence-electron chi connectivity index (χ4n) is 2.45. The molecule has 0 saturated heterocycles. The van der Waals surface area contributed by atoms with Gasteiger partial charge >= 0.3 is 5.97 Å². The van der Waals surface area contributed by atoms with E-state index in [1.165, 1.54) is 0 Å². The molecule has 0 bridgehead atoms. The van der Waals surface area contributed by atoms with E-state index in [4.69, 9.17) is 4.74 Å². The van der Waals surface area contributed by atoms with Crippen LogP contribution in [0.4, 0.5) is 5.69 Å². The van der Waals surface area contributed by atoms with Gasteiger partial charge in [0.05, 0.1) is 17.8 Å². The van der Waals surface area contributed by atoms with Gasteiger partial charge in [-0.15, -0.1) is 0 Å². The zero-order valence-corrected chi connectivity index (χ0v) is 13.2. The number of ether oxygens (including phenoxy) is 1. The van der Waals surface area contributed by atoms with Crippen molar-refractivity contribution in [2.75, 3.05) is 11.9 Å². The standard InChI is InChI=1S/C18H17N3O3/c1-2-24-16(23)12-15(22)19-18-14-10-6-7-11-21(14)20-17(18)13-8-4-3-5-9-13/h3-11H,2,12H2,1H3,(H,19,22). The molecular formula is C18H17N3O3. The van der Waals surface area contributed by atoms with Gasteiger partial charge in [0.25, 0.3) is 0 Å². The number of esters is 1. The lowest BCUT2D eigenvalue weighted by Gasteiger charge is -2.06. The molecule has 0 aliphatic carbocycles. The van der Waals surface area contributed by atoms with Crippen molar-refractivity contribution in [3.63, 3.8) is 0 Å². The van der Waals surface area contributed by atoms with Gasteiger partial charge in [-0.2, -0.15) is 5.10 Å². The minimum Gasteiger partial charge on any atom is -0.466 e. The van der Waals surface area contributed by atoms with E-state index in [1.54, 1.807) is 11.4 Å². The number of rotatable bonds is 5. The molecule has 0 aliphatic rings. The number of pyridine rings is 1. The maximum Gasteiger partial charge on any atom is 0.315 e. The maximum atomic E-state index is 12.2. The van der Waals surface area contributed by atoms with Crippen LogP contribution in [0.15, 0.2) is 54.7 Å². The van der Waals surface area contributed by atoms with Crippen molar-refractivity contribution in [3.8, 4) is 11.3 Å². The van der Waals surface area contributed by atoms with Crippen LogP contribution in [0.5, 0.6) is 0 Å². The Morgan fingerprint density at radius 1 is 1.12 bits per heavy atom. The SMILES string of the molecule is CCOC(=O)CC(=O)Nc1c(-c2ccccc2)nn2ccccc12. The second kappa shape index (κ2) is 6.95. The summed E-state index contributed by atoms with van der Waals surface area (Å²) >= 11 is 0. The highest BCUT2D eigenvalue weighted by atomic mass is 16.5. The van der Waals surface area contributed by atoms with E-state index in [2.05, 4.69) is 10.4 Å². The molecular weight excluding hydrogens is 306 g/mol. The molecule has 0 radical (unpaired) electrons. The summed E-state index contributed by atoms with van der Waals surface area (Å²) in [6, 6.07) is 15.2. The quantitative estimate of drug-likeness (QED) is 0.579. The average Bonchev–Trinajstić information content (AvgIpc) is 2.94. The van der Waals surface area contributed by atoms with E-state index in [0.29, 0.717) is 11.4 Å². The Morgan fingerprint density at radius 2 is 1.88 bits per heavy atom. The van der Waals surface area contributed by atoms with E-state index in [0.717, 1.165) is 11.1 Å². The molecule has 3 rings (SSSR count). The van der Waals surface area contributed by atoms with Crippen LogP contribution < -0.4 is 5.32 Å². The molecule has 2 aromatic heterocycles. The van der Waals surface area contributed by atoms with Crippen LogP contribution in [0, 0.1) is 0 Å². The van der Waals surface area contributed by atoms with Crippen molar-refractivity contribution in [1.82, 2.24) is 9.61 Å². The summed E-state index contributed by atoms with van der Waals surface area (Å²) in [5, 5.41) is 7.34. The number of benzene rings is 1. The van der Waals surface area contributed by atoms with Crippen molar-refractivity contribution in [3.05, 3.63) is 54.7 Å². The number of anilines is 1. The minimum atomic E-state index is -0.548. The van der Waals surface area contributed by atoms with Gasteiger partial charge in [-0.05, 0) is 19.1 Å². The molecule has 2 heterocycles. The van der Waals surface area contributed by atoms with Gasteiger partial charge < -0.3 is 10.1 Å². The highest BCUT2D eigenvalue weighted by molar-refractivity contribution is 6.06. The zero-order valence-electron chi connectivity index (χ0n) is 13.2. The molecule has 6 heteroatoms. The minimum absolute atomic E-state index is 0.248. The Labute approximate surface area is 139 Å². The third-order valence-electron chi connectivity index (χ3n) is 3.46. The molecule has 0 spiro atoms. The van der Waals surface area contributed by atoms with Gasteiger partial charge in [0.2, 0.25) is 5.91 Å². The fraction of sp³-hybridized carbons (Fsp3) is 0.167. The van der Waals surface area contributed by atoms with Gasteiger partial charge in [0, 0.05) is 11.8 Å². The predicted molar refractivity (Wildman–Crippen MR) is 90.5 cm³/mol. The van der Waals surface area contributed by atoms with Crippen LogP contribution in [0.1, 0.15) is 13.3 Å². The topological polar surface area (TPSA) is 72.7 Å². The largest absolute Gasteiger partial charge is 0.466 e. The van der Waals surface area contributed by atoms with Crippen LogP contribution in [-0.2, 0) is 14.3 Å². The molecule has 0 aliphatic heterocycles. The molecule has 0 unspecified atom stereocenters. The third kappa shape index (κ3) is 3.27. The zero-order chi connectivity index (χ0) is 16.9. The Hall–Kier alpha value is -3.15. The van der Waals surface area contributed by atoms with Crippen molar-refractivity contribution >= 4 is 23.1 Å². The van der Waals surface area contributed by atoms with Crippen LogP contribution >= 0.6 is 0 Å². The second-order valence-electron chi connectivity index (χ2n) is 5.15. The summed E-state index contributed by atoms with van der Waals surface area (Å²) in [4.78, 5) is 23.7. The molecule has 0 saturated carbocycles. The second-order valence-corrected chi connectivity index (χ2v) is 5.15. The fourth-order valence-corrected chi connectivity index (χ4v) is 2.45. The van der Waals surface area contributed by atoms with E-state index < -0.39 is 11.9 Å². The van der Waals surface area contributed by atoms with Crippen LogP contribution in [-0.4, -0.2) is 28.1 Å². The first-order valence-electron chi connectivity index (χ1n) is 7.67. The number of carbonyl (C=O) groups is 2. The molecule has 0 fully saturated rings. The summed E-state index contributed by atoms with van der Waals surface area (Å²) in [7, 11) is 0. The Balaban J connectivity index is 1.96. The van der Waals surface area contributed by atoms with Gasteiger partial charge in [-0.3, -0.25) is 9.59 Å². The number of hydrogen-bond acceptors (Lipinski definition) is 4. The number of nitrogens with zero attached hydrogens (tertiary/aromatic N) is 2. The summed E-state index contributed by atoms with van der Waals surface area (Å²) < 4.78 is 6.51. The van der Waals surface area contributed by atoms with Gasteiger partial charge in [0.1, 0.15) is 12.1 Å². The molecule has 6 nitrogen and oxygen atoms in total. The van der Waals surface area contributed by atoms with Crippen molar-refractivity contribution in [1.29, 1.82) is 0 Å². The molecule has 0 atom stereocenters. The Bertz CT molecular complexity index is 872. The summed E-state index contributed by atoms with van der Waals surface area (Å²) in [6.07, 6.45) is 1.48. The maximum absolute atomic E-state index is 12.2. The van der Waals surface area contributed by atoms with E-state index >= 15 is 0 Å². The number of aromatic nitrogens is 2. The van der Waals surface area contributed by atoms with E-state index in [9.17, 15) is 9.59 Å². The highest BCUT2D eigenvalue weighted by Crippen LogP contribution is 2.30. The lowest BCUT2D eigenvalue weighted by molar-refractivity contribution is -0.145. The van der Waals surface area contributed by atoms with Crippen molar-refractivity contribution in [2.24, 2.45) is 0 Å². The molecule has 122 valence electrons. The molecule has 1 amide bonds. The number of fused-ring (bicyclic) bond motifs is 1. The molecule has 3 aromatic rings. The number of amides is 1. The number of hydrogen-bond donors (Lipinski definition) is 1. The monoisotopic (exact) mass is 323 g/mol. The van der Waals surface area contributed by atoms with Crippen LogP contribution in [0.3, 0.4) is 0 Å². The normalized spacial score (nSPS) is 10.5. The van der Waals surface area contributed by atoms with Gasteiger partial charge in [0.15, 0.2) is 0 Å². The lowest BCUT2D eigenvalue weighted by Crippen LogP contribution is -2.18. The van der Waals surface area contributed by atoms with Crippen molar-refractivity contribution < 1.29 is 14.3 Å². The first-order chi connectivity index (χ1) is 11.7. The molecule has 1 N–H and O–H groups in total. The Kier molecular flexibility index (Phi) is 4.56. The molecule has 1 aromatic carbocycles. The van der Waals surface area contributed by atoms with Crippen LogP contribution in [0.25, 0.3) is 16.8 Å². The van der Waals surface area contributed by atoms with Gasteiger partial charge in [-0.1, -0.05) is 36.4 Å². The van der Waals surface area contributed by atoms with Crippen LogP contribution in [0.2, 0.25) is 0 Å². The third-order valence-corrected chi connectivity index (χ3v) is 3.46. The van der Waals surface area contributed by atoms with E-state index in [1.807, 2.05) is 54.7 Å². The first-order valence-corrected chi connectivity index (χ1v) is 7.67. The first kappa shape index (κ1) is 15.7. The smallest absolute Gasteiger partial charge is 0.315 e.